The Hall–Kier alpha value is -0.840. The van der Waals surface area contributed by atoms with Crippen molar-refractivity contribution in [3.05, 3.63) is 55.4 Å². The fourth-order valence-electron chi connectivity index (χ4n) is 1.67. The van der Waals surface area contributed by atoms with Crippen molar-refractivity contribution >= 4 is 69.6 Å². The Morgan fingerprint density at radius 3 is 2.30 bits per heavy atom. The third kappa shape index (κ3) is 4.82. The molecular formula is C15H10Cl5NO2. The molecule has 122 valence electrons. The van der Waals surface area contributed by atoms with E-state index in [-0.39, 0.29) is 15.8 Å². The maximum absolute atomic E-state index is 12.2. The van der Waals surface area contributed by atoms with Gasteiger partial charge in [0, 0.05) is 11.1 Å². The standard InChI is InChI=1S/C15H10Cl5NO2/c1-7(23-14-6-11(19)10(18)5-12(14)20)15(22)21-13-4-8(16)2-3-9(13)17/h2-7H,1H3,(H,21,22)/t7-/m0/s1. The first-order chi connectivity index (χ1) is 10.8. The van der Waals surface area contributed by atoms with E-state index in [1.165, 1.54) is 12.1 Å². The number of hydrogen-bond acceptors (Lipinski definition) is 2. The monoisotopic (exact) mass is 411 g/mol. The zero-order chi connectivity index (χ0) is 17.1. The smallest absolute Gasteiger partial charge is 0.265 e. The molecule has 0 bridgehead atoms. The van der Waals surface area contributed by atoms with E-state index >= 15 is 0 Å². The van der Waals surface area contributed by atoms with Crippen molar-refractivity contribution in [1.82, 2.24) is 0 Å². The first-order valence-corrected chi connectivity index (χ1v) is 8.24. The number of nitrogens with one attached hydrogen (secondary N) is 1. The van der Waals surface area contributed by atoms with Crippen LogP contribution < -0.4 is 10.1 Å². The zero-order valence-electron chi connectivity index (χ0n) is 11.7. The Morgan fingerprint density at radius 2 is 1.61 bits per heavy atom. The first kappa shape index (κ1) is 18.5. The zero-order valence-corrected chi connectivity index (χ0v) is 15.5. The highest BCUT2D eigenvalue weighted by molar-refractivity contribution is 6.43. The highest BCUT2D eigenvalue weighted by Gasteiger charge is 2.18. The van der Waals surface area contributed by atoms with Crippen molar-refractivity contribution in [2.75, 3.05) is 5.32 Å². The molecule has 0 fully saturated rings. The predicted molar refractivity (Wildman–Crippen MR) is 96.7 cm³/mol. The molecule has 2 aromatic rings. The van der Waals surface area contributed by atoms with Gasteiger partial charge in [0.05, 0.1) is 25.8 Å². The second-order valence-electron chi connectivity index (χ2n) is 4.57. The molecule has 2 aromatic carbocycles. The van der Waals surface area contributed by atoms with Crippen LogP contribution in [0.15, 0.2) is 30.3 Å². The summed E-state index contributed by atoms with van der Waals surface area (Å²) in [6.07, 6.45) is -0.847. The number of benzene rings is 2. The number of ether oxygens (including phenoxy) is 1. The van der Waals surface area contributed by atoms with Gasteiger partial charge in [-0.3, -0.25) is 4.79 Å². The molecule has 0 radical (unpaired) electrons. The van der Waals surface area contributed by atoms with Gasteiger partial charge in [-0.15, -0.1) is 0 Å². The van der Waals surface area contributed by atoms with E-state index in [9.17, 15) is 4.79 Å². The largest absolute Gasteiger partial charge is 0.479 e. The summed E-state index contributed by atoms with van der Waals surface area (Å²) < 4.78 is 5.52. The number of anilines is 1. The molecule has 0 aliphatic carbocycles. The van der Waals surface area contributed by atoms with Crippen LogP contribution in [-0.4, -0.2) is 12.0 Å². The van der Waals surface area contributed by atoms with Crippen LogP contribution in [-0.2, 0) is 4.79 Å². The molecule has 3 nitrogen and oxygen atoms in total. The maximum atomic E-state index is 12.2. The quantitative estimate of drug-likeness (QED) is 0.592. The molecule has 0 heterocycles. The Morgan fingerprint density at radius 1 is 0.957 bits per heavy atom. The van der Waals surface area contributed by atoms with Crippen LogP contribution in [0, 0.1) is 0 Å². The van der Waals surface area contributed by atoms with Crippen LogP contribution in [0.3, 0.4) is 0 Å². The van der Waals surface area contributed by atoms with E-state index in [2.05, 4.69) is 5.32 Å². The van der Waals surface area contributed by atoms with E-state index in [1.54, 1.807) is 25.1 Å². The molecule has 1 N–H and O–H groups in total. The van der Waals surface area contributed by atoms with Crippen molar-refractivity contribution < 1.29 is 9.53 Å². The van der Waals surface area contributed by atoms with E-state index in [0.717, 1.165) is 0 Å². The fraction of sp³-hybridized carbons (Fsp3) is 0.133. The van der Waals surface area contributed by atoms with Crippen LogP contribution in [0.25, 0.3) is 0 Å². The molecule has 1 atom stereocenters. The summed E-state index contributed by atoms with van der Waals surface area (Å²) in [4.78, 5) is 12.2. The minimum atomic E-state index is -0.847. The maximum Gasteiger partial charge on any atom is 0.265 e. The van der Waals surface area contributed by atoms with Gasteiger partial charge in [-0.2, -0.15) is 0 Å². The Kier molecular flexibility index (Phi) is 6.29. The third-order valence-corrected chi connectivity index (χ3v) is 4.42. The van der Waals surface area contributed by atoms with E-state index in [4.69, 9.17) is 62.7 Å². The normalized spacial score (nSPS) is 11.9. The average molecular weight is 414 g/mol. The lowest BCUT2D eigenvalue weighted by atomic mass is 10.3. The van der Waals surface area contributed by atoms with Crippen molar-refractivity contribution in [3.63, 3.8) is 0 Å². The highest BCUT2D eigenvalue weighted by Crippen LogP contribution is 2.34. The van der Waals surface area contributed by atoms with Gasteiger partial charge in [0.15, 0.2) is 6.10 Å². The van der Waals surface area contributed by atoms with Crippen molar-refractivity contribution in [3.8, 4) is 5.75 Å². The molecule has 0 spiro atoms. The number of rotatable bonds is 4. The second-order valence-corrected chi connectivity index (χ2v) is 6.64. The topological polar surface area (TPSA) is 38.3 Å². The fourth-order valence-corrected chi connectivity index (χ4v) is 2.58. The summed E-state index contributed by atoms with van der Waals surface area (Å²) in [7, 11) is 0. The van der Waals surface area contributed by atoms with Crippen LogP contribution in [0.2, 0.25) is 25.1 Å². The predicted octanol–water partition coefficient (Wildman–Crippen LogP) is 6.36. The summed E-state index contributed by atoms with van der Waals surface area (Å²) >= 11 is 29.7. The molecule has 1 amide bonds. The van der Waals surface area contributed by atoms with Crippen LogP contribution in [0.1, 0.15) is 6.92 Å². The number of hydrogen-bond donors (Lipinski definition) is 1. The van der Waals surface area contributed by atoms with Gasteiger partial charge in [-0.25, -0.2) is 0 Å². The highest BCUT2D eigenvalue weighted by atomic mass is 35.5. The van der Waals surface area contributed by atoms with E-state index in [1.807, 2.05) is 0 Å². The van der Waals surface area contributed by atoms with Crippen LogP contribution >= 0.6 is 58.0 Å². The minimum Gasteiger partial charge on any atom is -0.479 e. The Balaban J connectivity index is 2.11. The van der Waals surface area contributed by atoms with Gasteiger partial charge in [0.1, 0.15) is 5.75 Å². The summed E-state index contributed by atoms with van der Waals surface area (Å²) in [5.74, 6) is -0.169. The SMILES string of the molecule is C[C@H](Oc1cc(Cl)c(Cl)cc1Cl)C(=O)Nc1cc(Cl)ccc1Cl. The molecular weight excluding hydrogens is 403 g/mol. The lowest BCUT2D eigenvalue weighted by molar-refractivity contribution is -0.122. The number of halogens is 5. The minimum absolute atomic E-state index is 0.250. The molecule has 2 rings (SSSR count). The van der Waals surface area contributed by atoms with Gasteiger partial charge in [-0.1, -0.05) is 58.0 Å². The summed E-state index contributed by atoms with van der Waals surface area (Å²) in [5, 5.41) is 4.27. The summed E-state index contributed by atoms with van der Waals surface area (Å²) in [6.45, 7) is 1.56. The van der Waals surface area contributed by atoms with Crippen LogP contribution in [0.4, 0.5) is 5.69 Å². The molecule has 0 unspecified atom stereocenters. The number of carbonyl (C=O) groups excluding carboxylic acids is 1. The summed E-state index contributed by atoms with van der Waals surface area (Å²) in [5.41, 5.74) is 0.389. The Bertz CT molecular complexity index is 751. The molecule has 0 aromatic heterocycles. The first-order valence-electron chi connectivity index (χ1n) is 6.35. The molecule has 0 aliphatic heterocycles. The number of carbonyl (C=O) groups is 1. The second kappa shape index (κ2) is 7.82. The third-order valence-electron chi connectivity index (χ3n) is 2.83. The van der Waals surface area contributed by atoms with E-state index in [0.29, 0.717) is 20.8 Å². The van der Waals surface area contributed by atoms with Gasteiger partial charge in [0.2, 0.25) is 0 Å². The van der Waals surface area contributed by atoms with Crippen molar-refractivity contribution in [2.24, 2.45) is 0 Å². The van der Waals surface area contributed by atoms with Crippen molar-refractivity contribution in [2.45, 2.75) is 13.0 Å². The van der Waals surface area contributed by atoms with E-state index < -0.39 is 12.0 Å². The van der Waals surface area contributed by atoms with Gasteiger partial charge < -0.3 is 10.1 Å². The molecule has 0 saturated carbocycles. The van der Waals surface area contributed by atoms with Crippen molar-refractivity contribution in [1.29, 1.82) is 0 Å². The molecule has 8 heteroatoms. The van der Waals surface area contributed by atoms with Gasteiger partial charge >= 0.3 is 0 Å². The lowest BCUT2D eigenvalue weighted by Crippen LogP contribution is -2.30. The summed E-state index contributed by atoms with van der Waals surface area (Å²) in [6, 6.07) is 7.64. The average Bonchev–Trinajstić information content (AvgIpc) is 2.48. The lowest BCUT2D eigenvalue weighted by Gasteiger charge is -2.16. The van der Waals surface area contributed by atoms with Gasteiger partial charge in [0.25, 0.3) is 5.91 Å². The Labute approximate surface area is 158 Å². The van der Waals surface area contributed by atoms with Gasteiger partial charge in [-0.05, 0) is 31.2 Å². The number of amides is 1. The van der Waals surface area contributed by atoms with Crippen LogP contribution in [0.5, 0.6) is 5.75 Å². The molecule has 23 heavy (non-hydrogen) atoms. The molecule has 0 saturated heterocycles. The molecule has 0 aliphatic rings.